The molecule has 3 N–H and O–H groups in total. The summed E-state index contributed by atoms with van der Waals surface area (Å²) in [4.78, 5) is 4.29. The highest BCUT2D eigenvalue weighted by molar-refractivity contribution is 6.32. The molecule has 2 heterocycles. The summed E-state index contributed by atoms with van der Waals surface area (Å²) in [5.41, 5.74) is 5.19. The molecule has 1 atom stereocenters. The van der Waals surface area contributed by atoms with Crippen molar-refractivity contribution in [2.75, 3.05) is 0 Å². The lowest BCUT2D eigenvalue weighted by molar-refractivity contribution is 0.507. The Morgan fingerprint density at radius 1 is 1.45 bits per heavy atom. The molecule has 1 unspecified atom stereocenters. The topological polar surface area (TPSA) is 68.8 Å². The Kier molecular flexibility index (Phi) is 4.99. The molecule has 2 aromatic rings. The van der Waals surface area contributed by atoms with Crippen LogP contribution in [0.1, 0.15) is 30.0 Å². The summed E-state index contributed by atoms with van der Waals surface area (Å²) in [6, 6.07) is 3.35. The van der Waals surface area contributed by atoms with E-state index in [1.807, 2.05) is 18.5 Å². The van der Waals surface area contributed by atoms with Crippen molar-refractivity contribution in [1.82, 2.24) is 20.2 Å². The molecule has 108 valence electrons. The number of nitrogens with one attached hydrogen (secondary N) is 1. The van der Waals surface area contributed by atoms with E-state index in [1.165, 1.54) is 0 Å². The van der Waals surface area contributed by atoms with E-state index in [0.717, 1.165) is 17.9 Å². The Morgan fingerprint density at radius 3 is 2.80 bits per heavy atom. The zero-order valence-corrected chi connectivity index (χ0v) is 12.9. The van der Waals surface area contributed by atoms with E-state index in [2.05, 4.69) is 15.5 Å². The summed E-state index contributed by atoms with van der Waals surface area (Å²) < 4.78 is 1.87. The Morgan fingerprint density at radius 2 is 2.20 bits per heavy atom. The van der Waals surface area contributed by atoms with Gasteiger partial charge in [0.25, 0.3) is 0 Å². The third-order valence-electron chi connectivity index (χ3n) is 3.17. The van der Waals surface area contributed by atoms with Crippen molar-refractivity contribution >= 4 is 23.2 Å². The van der Waals surface area contributed by atoms with Crippen LogP contribution in [0.2, 0.25) is 10.0 Å². The fourth-order valence-corrected chi connectivity index (χ4v) is 2.61. The molecule has 0 radical (unpaired) electrons. The molecule has 0 aromatic carbocycles. The van der Waals surface area contributed by atoms with Crippen molar-refractivity contribution in [1.29, 1.82) is 0 Å². The van der Waals surface area contributed by atoms with Gasteiger partial charge < -0.3 is 0 Å². The summed E-state index contributed by atoms with van der Waals surface area (Å²) in [6.45, 7) is 4.65. The smallest absolute Gasteiger partial charge is 0.0847 e. The summed E-state index contributed by atoms with van der Waals surface area (Å²) in [5, 5.41) is 5.64. The minimum atomic E-state index is -0.220. The second-order valence-corrected chi connectivity index (χ2v) is 5.24. The molecule has 7 heteroatoms. The summed E-state index contributed by atoms with van der Waals surface area (Å²) in [7, 11) is 0. The summed E-state index contributed by atoms with van der Waals surface area (Å²) >= 11 is 12.5. The fraction of sp³-hybridized carbons (Fsp3) is 0.385. The monoisotopic (exact) mass is 313 g/mol. The molecule has 0 aliphatic carbocycles. The van der Waals surface area contributed by atoms with Crippen LogP contribution in [0.4, 0.5) is 0 Å². The fourth-order valence-electron chi connectivity index (χ4n) is 2.15. The van der Waals surface area contributed by atoms with Crippen molar-refractivity contribution in [3.8, 4) is 0 Å². The van der Waals surface area contributed by atoms with Crippen LogP contribution in [0.5, 0.6) is 0 Å². The number of aromatic nitrogens is 3. The largest absolute Gasteiger partial charge is 0.271 e. The molecular formula is C13H17Cl2N5. The lowest BCUT2D eigenvalue weighted by Gasteiger charge is -2.17. The van der Waals surface area contributed by atoms with Crippen LogP contribution in [-0.4, -0.2) is 14.8 Å². The van der Waals surface area contributed by atoms with Crippen LogP contribution in [0.3, 0.4) is 0 Å². The molecule has 2 aromatic heterocycles. The first kappa shape index (κ1) is 15.3. The van der Waals surface area contributed by atoms with Crippen molar-refractivity contribution in [2.45, 2.75) is 32.9 Å². The number of hydrazine groups is 1. The number of nitrogens with two attached hydrogens (primary N) is 1. The lowest BCUT2D eigenvalue weighted by Crippen LogP contribution is -2.31. The Bertz CT molecular complexity index is 596. The highest BCUT2D eigenvalue weighted by Gasteiger charge is 2.21. The number of hydrogen-bond donors (Lipinski definition) is 2. The highest BCUT2D eigenvalue weighted by Crippen LogP contribution is 2.27. The Balaban J connectivity index is 2.34. The average Bonchev–Trinajstić information content (AvgIpc) is 2.73. The van der Waals surface area contributed by atoms with Crippen LogP contribution in [0.15, 0.2) is 18.3 Å². The van der Waals surface area contributed by atoms with Gasteiger partial charge in [-0.05, 0) is 26.0 Å². The predicted octanol–water partition coefficient (Wildman–Crippen LogP) is 2.66. The highest BCUT2D eigenvalue weighted by atomic mass is 35.5. The van der Waals surface area contributed by atoms with E-state index in [9.17, 15) is 0 Å². The molecule has 5 nitrogen and oxygen atoms in total. The van der Waals surface area contributed by atoms with Gasteiger partial charge in [0, 0.05) is 19.2 Å². The van der Waals surface area contributed by atoms with Gasteiger partial charge in [-0.15, -0.1) is 0 Å². The minimum Gasteiger partial charge on any atom is -0.271 e. The maximum Gasteiger partial charge on any atom is 0.0847 e. The molecular weight excluding hydrogens is 297 g/mol. The third kappa shape index (κ3) is 2.96. The zero-order chi connectivity index (χ0) is 14.7. The van der Waals surface area contributed by atoms with Crippen LogP contribution in [0, 0.1) is 6.92 Å². The molecule has 20 heavy (non-hydrogen) atoms. The van der Waals surface area contributed by atoms with E-state index >= 15 is 0 Å². The predicted molar refractivity (Wildman–Crippen MR) is 80.7 cm³/mol. The summed E-state index contributed by atoms with van der Waals surface area (Å²) in [6.07, 6.45) is 2.26. The van der Waals surface area contributed by atoms with Crippen molar-refractivity contribution in [3.05, 3.63) is 45.5 Å². The van der Waals surface area contributed by atoms with Crippen LogP contribution in [0.25, 0.3) is 0 Å². The van der Waals surface area contributed by atoms with Gasteiger partial charge in [-0.3, -0.25) is 20.9 Å². The second kappa shape index (κ2) is 6.54. The van der Waals surface area contributed by atoms with Crippen LogP contribution >= 0.6 is 23.2 Å². The maximum absolute atomic E-state index is 6.32. The standard InChI is InChI=1S/C13H17Cl2N5/c1-3-20-11(12(15)8(2)19-20)7-10(18-16)13-9(14)5-4-6-17-13/h4-6,10,18H,3,7,16H2,1-2H3. The molecule has 0 saturated heterocycles. The molecule has 0 aliphatic rings. The normalized spacial score (nSPS) is 12.7. The number of rotatable bonds is 5. The van der Waals surface area contributed by atoms with Crippen molar-refractivity contribution < 1.29 is 0 Å². The molecule has 2 rings (SSSR count). The summed E-state index contributed by atoms with van der Waals surface area (Å²) in [5.74, 6) is 5.65. The molecule has 0 spiro atoms. The molecule has 0 saturated carbocycles. The van der Waals surface area contributed by atoms with Crippen LogP contribution in [-0.2, 0) is 13.0 Å². The molecule has 0 fully saturated rings. The average molecular weight is 314 g/mol. The van der Waals surface area contributed by atoms with E-state index in [4.69, 9.17) is 29.0 Å². The van der Waals surface area contributed by atoms with E-state index < -0.39 is 0 Å². The van der Waals surface area contributed by atoms with Gasteiger partial charge in [-0.2, -0.15) is 5.10 Å². The van der Waals surface area contributed by atoms with Gasteiger partial charge in [-0.1, -0.05) is 23.2 Å². The van der Waals surface area contributed by atoms with Gasteiger partial charge in [-0.25, -0.2) is 0 Å². The van der Waals surface area contributed by atoms with Gasteiger partial charge in [0.2, 0.25) is 0 Å². The van der Waals surface area contributed by atoms with Gasteiger partial charge in [0.05, 0.1) is 33.2 Å². The van der Waals surface area contributed by atoms with Gasteiger partial charge in [0.15, 0.2) is 0 Å². The first-order valence-corrected chi connectivity index (χ1v) is 7.12. The second-order valence-electron chi connectivity index (χ2n) is 4.46. The van der Waals surface area contributed by atoms with E-state index in [0.29, 0.717) is 22.2 Å². The maximum atomic E-state index is 6.32. The third-order valence-corrected chi connectivity index (χ3v) is 3.98. The lowest BCUT2D eigenvalue weighted by atomic mass is 10.1. The number of pyridine rings is 1. The number of nitrogens with zero attached hydrogens (tertiary/aromatic N) is 3. The first-order chi connectivity index (χ1) is 9.58. The SMILES string of the molecule is CCn1nc(C)c(Cl)c1CC(NN)c1ncccc1Cl. The molecule has 0 amide bonds. The molecule has 0 aliphatic heterocycles. The van der Waals surface area contributed by atoms with Gasteiger partial charge in [0.1, 0.15) is 0 Å². The first-order valence-electron chi connectivity index (χ1n) is 6.36. The minimum absolute atomic E-state index is 0.220. The van der Waals surface area contributed by atoms with Gasteiger partial charge >= 0.3 is 0 Å². The van der Waals surface area contributed by atoms with Crippen molar-refractivity contribution in [2.24, 2.45) is 5.84 Å². The Hall–Kier alpha value is -1.14. The Labute approximate surface area is 128 Å². The molecule has 0 bridgehead atoms. The number of halogens is 2. The number of hydrogen-bond acceptors (Lipinski definition) is 4. The van der Waals surface area contributed by atoms with Crippen molar-refractivity contribution in [3.63, 3.8) is 0 Å². The van der Waals surface area contributed by atoms with Crippen LogP contribution < -0.4 is 11.3 Å². The quantitative estimate of drug-likeness (QED) is 0.657. The van der Waals surface area contributed by atoms with E-state index in [1.54, 1.807) is 18.3 Å². The number of aryl methyl sites for hydroxylation is 2. The zero-order valence-electron chi connectivity index (χ0n) is 11.4. The van der Waals surface area contributed by atoms with E-state index in [-0.39, 0.29) is 6.04 Å².